The Hall–Kier alpha value is -0.990. The lowest BCUT2D eigenvalue weighted by Gasteiger charge is -1.93. The number of hydrogen-bond donors (Lipinski definition) is 0. The van der Waals surface area contributed by atoms with Crippen LogP contribution in [0.1, 0.15) is 12.8 Å². The number of ether oxygens (including phenoxy) is 2. The van der Waals surface area contributed by atoms with Crippen molar-refractivity contribution in [1.82, 2.24) is 0 Å². The van der Waals surface area contributed by atoms with Gasteiger partial charge in [0.05, 0.1) is 20.5 Å². The molecule has 0 spiro atoms. The van der Waals surface area contributed by atoms with E-state index in [1.807, 2.05) is 0 Å². The molecule has 0 aliphatic carbocycles. The fourth-order valence-corrected chi connectivity index (χ4v) is 0.468. The molecule has 0 aromatic rings. The van der Waals surface area contributed by atoms with Gasteiger partial charge < -0.3 is 9.47 Å². The van der Waals surface area contributed by atoms with E-state index in [0.717, 1.165) is 0 Å². The lowest BCUT2D eigenvalue weighted by atomic mass is 10.3. The summed E-state index contributed by atoms with van der Waals surface area (Å²) >= 11 is 0. The minimum Gasteiger partial charge on any atom is -0.505 e. The molecule has 0 amide bonds. The van der Waals surface area contributed by atoms with Gasteiger partial charge in [-0.15, -0.1) is 0 Å². The second kappa shape index (κ2) is 6.13. The van der Waals surface area contributed by atoms with E-state index < -0.39 is 0 Å². The molecule has 0 unspecified atom stereocenters. The minimum atomic E-state index is -0.194. The highest BCUT2D eigenvalue weighted by atomic mass is 16.5. The Morgan fingerprint density at radius 2 is 2.20 bits per heavy atom. The summed E-state index contributed by atoms with van der Waals surface area (Å²) in [6, 6.07) is 0. The van der Waals surface area contributed by atoms with Gasteiger partial charge in [-0.2, -0.15) is 0 Å². The van der Waals surface area contributed by atoms with Gasteiger partial charge in [0.2, 0.25) is 0 Å². The highest BCUT2D eigenvalue weighted by Gasteiger charge is 1.94. The predicted molar refractivity (Wildman–Crippen MR) is 37.4 cm³/mol. The van der Waals surface area contributed by atoms with Crippen molar-refractivity contribution < 1.29 is 14.3 Å². The second-order valence-corrected chi connectivity index (χ2v) is 1.72. The van der Waals surface area contributed by atoms with Crippen LogP contribution in [0.2, 0.25) is 0 Å². The van der Waals surface area contributed by atoms with E-state index in [2.05, 4.69) is 9.47 Å². The maximum absolute atomic E-state index is 10.5. The Morgan fingerprint density at radius 1 is 1.50 bits per heavy atom. The number of allylic oxidation sites excluding steroid dienone is 1. The Bertz CT molecular complexity index is 118. The molecular formula is C7H12O3. The molecule has 0 bridgehead atoms. The number of hydrogen-bond acceptors (Lipinski definition) is 3. The Morgan fingerprint density at radius 3 is 2.70 bits per heavy atom. The molecule has 0 rings (SSSR count). The maximum Gasteiger partial charge on any atom is 0.305 e. The van der Waals surface area contributed by atoms with Crippen molar-refractivity contribution in [3.8, 4) is 0 Å². The van der Waals surface area contributed by atoms with Crippen LogP contribution in [-0.4, -0.2) is 20.2 Å². The monoisotopic (exact) mass is 144 g/mol. The molecule has 0 saturated heterocycles. The molecule has 0 aliphatic heterocycles. The van der Waals surface area contributed by atoms with Crippen LogP contribution < -0.4 is 0 Å². The van der Waals surface area contributed by atoms with Gasteiger partial charge in [-0.3, -0.25) is 4.79 Å². The summed E-state index contributed by atoms with van der Waals surface area (Å²) < 4.78 is 9.04. The van der Waals surface area contributed by atoms with Crippen LogP contribution in [0, 0.1) is 0 Å². The number of rotatable bonds is 4. The Kier molecular flexibility index (Phi) is 5.53. The van der Waals surface area contributed by atoms with Gasteiger partial charge >= 0.3 is 5.97 Å². The van der Waals surface area contributed by atoms with E-state index in [9.17, 15) is 4.79 Å². The van der Waals surface area contributed by atoms with Gasteiger partial charge in [-0.1, -0.05) is 0 Å². The van der Waals surface area contributed by atoms with Gasteiger partial charge in [-0.25, -0.2) is 0 Å². The zero-order valence-electron chi connectivity index (χ0n) is 6.29. The van der Waals surface area contributed by atoms with Crippen LogP contribution in [0.15, 0.2) is 12.3 Å². The third-order valence-electron chi connectivity index (χ3n) is 0.975. The third kappa shape index (κ3) is 5.15. The number of carbonyl (C=O) groups excluding carboxylic acids is 1. The van der Waals surface area contributed by atoms with E-state index in [4.69, 9.17) is 0 Å². The van der Waals surface area contributed by atoms with Crippen LogP contribution in [-0.2, 0) is 14.3 Å². The zero-order valence-corrected chi connectivity index (χ0v) is 6.29. The van der Waals surface area contributed by atoms with Crippen molar-refractivity contribution >= 4 is 5.97 Å². The van der Waals surface area contributed by atoms with Crippen molar-refractivity contribution in [2.45, 2.75) is 12.8 Å². The molecule has 58 valence electrons. The second-order valence-electron chi connectivity index (χ2n) is 1.72. The number of methoxy groups -OCH3 is 2. The van der Waals surface area contributed by atoms with Gasteiger partial charge in [0.1, 0.15) is 0 Å². The summed E-state index contributed by atoms with van der Waals surface area (Å²) in [5.41, 5.74) is 0. The highest BCUT2D eigenvalue weighted by molar-refractivity contribution is 5.69. The lowest BCUT2D eigenvalue weighted by Crippen LogP contribution is -1.97. The SMILES string of the molecule is COC=CCCC(=O)OC. The van der Waals surface area contributed by atoms with E-state index in [1.165, 1.54) is 7.11 Å². The minimum absolute atomic E-state index is 0.194. The van der Waals surface area contributed by atoms with Crippen LogP contribution >= 0.6 is 0 Å². The zero-order chi connectivity index (χ0) is 7.82. The van der Waals surface area contributed by atoms with Gasteiger partial charge in [-0.05, 0) is 12.5 Å². The fourth-order valence-electron chi connectivity index (χ4n) is 0.468. The Labute approximate surface area is 60.6 Å². The molecule has 0 saturated carbocycles. The van der Waals surface area contributed by atoms with Crippen molar-refractivity contribution in [2.75, 3.05) is 14.2 Å². The topological polar surface area (TPSA) is 35.5 Å². The first kappa shape index (κ1) is 9.01. The molecule has 3 nitrogen and oxygen atoms in total. The first-order chi connectivity index (χ1) is 4.81. The molecule has 0 aromatic carbocycles. The maximum atomic E-state index is 10.5. The molecule has 3 heteroatoms. The lowest BCUT2D eigenvalue weighted by molar-refractivity contribution is -0.140. The summed E-state index contributed by atoms with van der Waals surface area (Å²) in [4.78, 5) is 10.5. The van der Waals surface area contributed by atoms with Crippen LogP contribution in [0.3, 0.4) is 0 Å². The smallest absolute Gasteiger partial charge is 0.305 e. The van der Waals surface area contributed by atoms with E-state index in [1.54, 1.807) is 19.4 Å². The molecule has 0 aliphatic rings. The standard InChI is InChI=1S/C7H12O3/c1-9-6-4-3-5-7(8)10-2/h4,6H,3,5H2,1-2H3. The average Bonchev–Trinajstić information content (AvgIpc) is 1.98. The summed E-state index contributed by atoms with van der Waals surface area (Å²) in [6.45, 7) is 0. The predicted octanol–water partition coefficient (Wildman–Crippen LogP) is 1.10. The molecule has 0 N–H and O–H groups in total. The van der Waals surface area contributed by atoms with Crippen LogP contribution in [0.25, 0.3) is 0 Å². The van der Waals surface area contributed by atoms with Crippen molar-refractivity contribution in [1.29, 1.82) is 0 Å². The summed E-state index contributed by atoms with van der Waals surface area (Å²) in [7, 11) is 2.94. The molecule has 10 heavy (non-hydrogen) atoms. The molecule has 0 aromatic heterocycles. The van der Waals surface area contributed by atoms with E-state index >= 15 is 0 Å². The summed E-state index contributed by atoms with van der Waals surface area (Å²) in [5.74, 6) is -0.194. The summed E-state index contributed by atoms with van der Waals surface area (Å²) in [5, 5.41) is 0. The largest absolute Gasteiger partial charge is 0.505 e. The molecule has 0 radical (unpaired) electrons. The first-order valence-electron chi connectivity index (χ1n) is 3.06. The quantitative estimate of drug-likeness (QED) is 0.438. The number of carbonyl (C=O) groups is 1. The van der Waals surface area contributed by atoms with Gasteiger partial charge in [0, 0.05) is 6.42 Å². The van der Waals surface area contributed by atoms with Gasteiger partial charge in [0.15, 0.2) is 0 Å². The van der Waals surface area contributed by atoms with E-state index in [0.29, 0.717) is 12.8 Å². The van der Waals surface area contributed by atoms with Crippen molar-refractivity contribution in [2.24, 2.45) is 0 Å². The van der Waals surface area contributed by atoms with Gasteiger partial charge in [0.25, 0.3) is 0 Å². The fraction of sp³-hybridized carbons (Fsp3) is 0.571. The normalized spacial score (nSPS) is 9.80. The average molecular weight is 144 g/mol. The summed E-state index contributed by atoms with van der Waals surface area (Å²) in [6.07, 6.45) is 4.40. The molecule has 0 heterocycles. The number of esters is 1. The van der Waals surface area contributed by atoms with E-state index in [-0.39, 0.29) is 5.97 Å². The first-order valence-corrected chi connectivity index (χ1v) is 3.06. The van der Waals surface area contributed by atoms with Crippen LogP contribution in [0.5, 0.6) is 0 Å². The van der Waals surface area contributed by atoms with Crippen molar-refractivity contribution in [3.63, 3.8) is 0 Å². The molecule has 0 atom stereocenters. The van der Waals surface area contributed by atoms with Crippen molar-refractivity contribution in [3.05, 3.63) is 12.3 Å². The molecular weight excluding hydrogens is 132 g/mol. The Balaban J connectivity index is 3.19. The highest BCUT2D eigenvalue weighted by Crippen LogP contribution is 1.92. The van der Waals surface area contributed by atoms with Crippen LogP contribution in [0.4, 0.5) is 0 Å². The molecule has 0 fully saturated rings. The third-order valence-corrected chi connectivity index (χ3v) is 0.975.